The van der Waals surface area contributed by atoms with Crippen LogP contribution < -0.4 is 14.8 Å². The Labute approximate surface area is 253 Å². The third-order valence-corrected chi connectivity index (χ3v) is 7.97. The summed E-state index contributed by atoms with van der Waals surface area (Å²) < 4.78 is 23.9. The molecule has 0 radical (unpaired) electrons. The topological polar surface area (TPSA) is 109 Å². The molecule has 2 aliphatic heterocycles. The maximum absolute atomic E-state index is 11.0. The summed E-state index contributed by atoms with van der Waals surface area (Å²) in [5.74, 6) is 2.58. The Kier molecular flexibility index (Phi) is 9.76. The first-order chi connectivity index (χ1) is 20.9. The second kappa shape index (κ2) is 13.9. The minimum absolute atomic E-state index is 0.131. The van der Waals surface area contributed by atoms with Gasteiger partial charge in [0.2, 0.25) is 0 Å². The van der Waals surface area contributed by atoms with Crippen molar-refractivity contribution in [2.24, 2.45) is 4.99 Å². The summed E-state index contributed by atoms with van der Waals surface area (Å²) >= 11 is 0. The van der Waals surface area contributed by atoms with E-state index in [0.29, 0.717) is 6.42 Å². The number of nitrogens with zero attached hydrogens (tertiary/aromatic N) is 2. The van der Waals surface area contributed by atoms with E-state index in [-0.39, 0.29) is 12.4 Å². The molecule has 3 aromatic rings. The number of aliphatic hydroxyl groups is 1. The Bertz CT molecular complexity index is 1360. The monoisotopic (exact) mass is 584 g/mol. The normalized spacial score (nSPS) is 21.4. The maximum atomic E-state index is 11.0. The molecule has 9 nitrogen and oxygen atoms in total. The van der Waals surface area contributed by atoms with Crippen molar-refractivity contribution in [2.45, 2.75) is 43.3 Å². The Morgan fingerprint density at radius 2 is 1.60 bits per heavy atom. The minimum atomic E-state index is -1.00. The molecule has 0 amide bonds. The largest absolute Gasteiger partial charge is 0.497 e. The van der Waals surface area contributed by atoms with Crippen LogP contribution in [0.3, 0.4) is 0 Å². The summed E-state index contributed by atoms with van der Waals surface area (Å²) in [6.07, 6.45) is 3.85. The van der Waals surface area contributed by atoms with E-state index in [1.807, 2.05) is 85.9 Å². The molecule has 1 unspecified atom stereocenters. The van der Waals surface area contributed by atoms with Gasteiger partial charge in [-0.25, -0.2) is 4.99 Å². The maximum Gasteiger partial charge on any atom is 0.147 e. The number of aliphatic imine (C=N–C) groups is 1. The van der Waals surface area contributed by atoms with Crippen LogP contribution in [0.5, 0.6) is 11.5 Å². The smallest absolute Gasteiger partial charge is 0.147 e. The third kappa shape index (κ3) is 6.91. The second-order valence-corrected chi connectivity index (χ2v) is 10.7. The number of likely N-dealkylation sites (tertiary alicyclic amines) is 1. The summed E-state index contributed by atoms with van der Waals surface area (Å²) in [7, 11) is 5.28. The Morgan fingerprint density at radius 1 is 1.00 bits per heavy atom. The minimum Gasteiger partial charge on any atom is -0.497 e. The Balaban J connectivity index is 1.36. The highest BCUT2D eigenvalue weighted by molar-refractivity contribution is 6.01. The van der Waals surface area contributed by atoms with Crippen molar-refractivity contribution >= 4 is 11.7 Å². The number of methoxy groups -OCH3 is 2. The van der Waals surface area contributed by atoms with E-state index < -0.39 is 24.0 Å². The second-order valence-electron chi connectivity index (χ2n) is 10.7. The number of amidine groups is 2. The molecular weight excluding hydrogens is 544 g/mol. The molecule has 3 aromatic carbocycles. The van der Waals surface area contributed by atoms with Crippen molar-refractivity contribution in [3.8, 4) is 11.5 Å². The van der Waals surface area contributed by atoms with Crippen molar-refractivity contribution in [1.29, 1.82) is 5.41 Å². The van der Waals surface area contributed by atoms with Gasteiger partial charge >= 0.3 is 0 Å². The van der Waals surface area contributed by atoms with Crippen molar-refractivity contribution in [2.75, 3.05) is 34.4 Å². The standard InChI is InChI=1S/C34H40N4O5/c1-38-21-7-10-32(38)37-31(35)19-20-36-33-22-29(39)30(43-33)23-42-34(24-8-5-4-6-9-24,25-11-15-27(40-2)16-12-25)26-13-17-28(41-3)18-14-26/h4-6,8-9,11-20,29-30,33,35-36,39H,7,10,21-23H2,1-3H3/b20-19-,35-31?,37-32?/t29?,30-,33-/m1/s1. The van der Waals surface area contributed by atoms with Crippen LogP contribution in [0.25, 0.3) is 0 Å². The van der Waals surface area contributed by atoms with Crippen molar-refractivity contribution < 1.29 is 24.1 Å². The van der Waals surface area contributed by atoms with Crippen LogP contribution in [0, 0.1) is 5.41 Å². The van der Waals surface area contributed by atoms with E-state index in [0.717, 1.165) is 53.4 Å². The lowest BCUT2D eigenvalue weighted by atomic mass is 9.80. The number of aliphatic hydroxyl groups excluding tert-OH is 1. The van der Waals surface area contributed by atoms with E-state index in [4.69, 9.17) is 24.4 Å². The van der Waals surface area contributed by atoms with Crippen LogP contribution in [0.2, 0.25) is 0 Å². The van der Waals surface area contributed by atoms with Crippen molar-refractivity contribution in [1.82, 2.24) is 10.2 Å². The molecule has 0 aromatic heterocycles. The van der Waals surface area contributed by atoms with Gasteiger partial charge in [-0.15, -0.1) is 0 Å². The molecule has 5 rings (SSSR count). The number of rotatable bonds is 11. The Hall–Kier alpha value is -4.18. The summed E-state index contributed by atoms with van der Waals surface area (Å²) in [6, 6.07) is 25.7. The molecule has 0 aliphatic carbocycles. The van der Waals surface area contributed by atoms with Gasteiger partial charge in [-0.2, -0.15) is 0 Å². The number of hydrogen-bond donors (Lipinski definition) is 3. The van der Waals surface area contributed by atoms with Gasteiger partial charge in [0.25, 0.3) is 0 Å². The lowest BCUT2D eigenvalue weighted by Crippen LogP contribution is -2.38. The summed E-state index contributed by atoms with van der Waals surface area (Å²) in [5, 5.41) is 22.3. The van der Waals surface area contributed by atoms with E-state index in [1.54, 1.807) is 26.5 Å². The average Bonchev–Trinajstić information content (AvgIpc) is 3.61. The van der Waals surface area contributed by atoms with E-state index in [9.17, 15) is 5.11 Å². The average molecular weight is 585 g/mol. The first-order valence-electron chi connectivity index (χ1n) is 14.5. The van der Waals surface area contributed by atoms with Gasteiger partial charge in [-0.05, 0) is 53.5 Å². The molecule has 2 heterocycles. The highest BCUT2D eigenvalue weighted by Crippen LogP contribution is 2.42. The molecule has 2 saturated heterocycles. The van der Waals surface area contributed by atoms with Gasteiger partial charge in [-0.1, -0.05) is 54.6 Å². The van der Waals surface area contributed by atoms with Crippen LogP contribution in [0.1, 0.15) is 36.0 Å². The van der Waals surface area contributed by atoms with Crippen molar-refractivity contribution in [3.63, 3.8) is 0 Å². The third-order valence-electron chi connectivity index (χ3n) is 7.97. The lowest BCUT2D eigenvalue weighted by molar-refractivity contribution is -0.0846. The van der Waals surface area contributed by atoms with E-state index in [2.05, 4.69) is 15.2 Å². The molecular formula is C34H40N4O5. The molecule has 0 bridgehead atoms. The quantitative estimate of drug-likeness (QED) is 0.170. The van der Waals surface area contributed by atoms with Crippen molar-refractivity contribution in [3.05, 3.63) is 108 Å². The fourth-order valence-electron chi connectivity index (χ4n) is 5.61. The fraction of sp³-hybridized carbons (Fsp3) is 0.353. The van der Waals surface area contributed by atoms with E-state index >= 15 is 0 Å². The summed E-state index contributed by atoms with van der Waals surface area (Å²) in [6.45, 7) is 1.10. The zero-order valence-electron chi connectivity index (χ0n) is 24.9. The highest BCUT2D eigenvalue weighted by atomic mass is 16.6. The van der Waals surface area contributed by atoms with Gasteiger partial charge < -0.3 is 34.3 Å². The van der Waals surface area contributed by atoms with Crippen LogP contribution in [-0.2, 0) is 15.1 Å². The van der Waals surface area contributed by atoms with Gasteiger partial charge in [0.1, 0.15) is 41.1 Å². The van der Waals surface area contributed by atoms with Crippen LogP contribution >= 0.6 is 0 Å². The molecule has 0 spiro atoms. The van der Waals surface area contributed by atoms with Crippen LogP contribution in [0.4, 0.5) is 0 Å². The van der Waals surface area contributed by atoms with Crippen LogP contribution in [0.15, 0.2) is 96.1 Å². The summed E-state index contributed by atoms with van der Waals surface area (Å²) in [5.41, 5.74) is 1.74. The first-order valence-corrected chi connectivity index (χ1v) is 14.5. The van der Waals surface area contributed by atoms with Gasteiger partial charge in [0.15, 0.2) is 0 Å². The molecule has 3 atom stereocenters. The first kappa shape index (κ1) is 30.3. The predicted molar refractivity (Wildman–Crippen MR) is 167 cm³/mol. The predicted octanol–water partition coefficient (Wildman–Crippen LogP) is 4.69. The fourth-order valence-corrected chi connectivity index (χ4v) is 5.61. The number of hydrogen-bond acceptors (Lipinski definition) is 7. The molecule has 3 N–H and O–H groups in total. The molecule has 2 fully saturated rings. The zero-order valence-corrected chi connectivity index (χ0v) is 24.9. The van der Waals surface area contributed by atoms with Gasteiger partial charge in [-0.3, -0.25) is 5.41 Å². The molecule has 0 saturated carbocycles. The molecule has 43 heavy (non-hydrogen) atoms. The number of ether oxygens (including phenoxy) is 4. The van der Waals surface area contributed by atoms with Gasteiger partial charge in [0.05, 0.1) is 26.9 Å². The number of nitrogens with one attached hydrogen (secondary N) is 2. The Morgan fingerprint density at radius 3 is 2.16 bits per heavy atom. The number of benzene rings is 3. The highest BCUT2D eigenvalue weighted by Gasteiger charge is 2.41. The van der Waals surface area contributed by atoms with E-state index in [1.165, 1.54) is 0 Å². The molecule has 9 heteroatoms. The summed E-state index contributed by atoms with van der Waals surface area (Å²) in [4.78, 5) is 6.46. The zero-order chi connectivity index (χ0) is 30.2. The molecule has 226 valence electrons. The van der Waals surface area contributed by atoms with Gasteiger partial charge in [0, 0.05) is 32.6 Å². The SMILES string of the molecule is COc1ccc(C(OC[C@H]2O[C@@H](N/C=C\C(=N)N=C3CCCN3C)CC2O)(c2ccccc2)c2ccc(OC)cc2)cc1. The lowest BCUT2D eigenvalue weighted by Gasteiger charge is -2.37. The van der Waals surface area contributed by atoms with Crippen LogP contribution in [-0.4, -0.2) is 74.5 Å². The molecule has 2 aliphatic rings.